The Bertz CT molecular complexity index is 444. The first-order valence-electron chi connectivity index (χ1n) is 5.54. The van der Waals surface area contributed by atoms with E-state index in [9.17, 15) is 8.42 Å². The first-order valence-corrected chi connectivity index (χ1v) is 6.95. The largest absolute Gasteiger partial charge is 0.296 e. The fraction of sp³-hybridized carbons (Fsp3) is 0.500. The molecule has 0 radical (unpaired) electrons. The van der Waals surface area contributed by atoms with Crippen LogP contribution in [0.1, 0.15) is 24.8 Å². The molecule has 16 heavy (non-hydrogen) atoms. The van der Waals surface area contributed by atoms with Crippen LogP contribution in [-0.2, 0) is 14.3 Å². The van der Waals surface area contributed by atoms with E-state index in [-0.39, 0.29) is 4.90 Å². The highest BCUT2D eigenvalue weighted by molar-refractivity contribution is 7.86. The highest BCUT2D eigenvalue weighted by atomic mass is 32.2. The zero-order chi connectivity index (χ0) is 11.6. The molecule has 0 aromatic heterocycles. The number of benzene rings is 1. The Labute approximate surface area is 96.6 Å². The lowest BCUT2D eigenvalue weighted by atomic mass is 9.86. The van der Waals surface area contributed by atoms with Crippen LogP contribution in [0.4, 0.5) is 0 Å². The third-order valence-electron chi connectivity index (χ3n) is 2.99. The monoisotopic (exact) mass is 240 g/mol. The van der Waals surface area contributed by atoms with Crippen LogP contribution in [0.2, 0.25) is 0 Å². The normalized spacial score (nSPS) is 17.1. The predicted molar refractivity (Wildman–Crippen MR) is 61.7 cm³/mol. The van der Waals surface area contributed by atoms with Crippen molar-refractivity contribution in [2.75, 3.05) is 6.61 Å². The Kier molecular flexibility index (Phi) is 3.30. The summed E-state index contributed by atoms with van der Waals surface area (Å²) in [6, 6.07) is 6.73. The van der Waals surface area contributed by atoms with Crippen LogP contribution in [0.25, 0.3) is 0 Å². The van der Waals surface area contributed by atoms with Crippen molar-refractivity contribution in [2.45, 2.75) is 31.1 Å². The van der Waals surface area contributed by atoms with Crippen LogP contribution in [0.3, 0.4) is 0 Å². The Morgan fingerprint density at radius 2 is 1.88 bits per heavy atom. The van der Waals surface area contributed by atoms with Gasteiger partial charge >= 0.3 is 0 Å². The molecule has 1 aliphatic carbocycles. The summed E-state index contributed by atoms with van der Waals surface area (Å²) in [5.74, 6) is 0.431. The van der Waals surface area contributed by atoms with Gasteiger partial charge in [-0.1, -0.05) is 24.1 Å². The number of rotatable bonds is 4. The van der Waals surface area contributed by atoms with Crippen LogP contribution < -0.4 is 0 Å². The van der Waals surface area contributed by atoms with E-state index in [4.69, 9.17) is 4.18 Å². The second-order valence-corrected chi connectivity index (χ2v) is 5.96. The fourth-order valence-corrected chi connectivity index (χ4v) is 2.60. The van der Waals surface area contributed by atoms with E-state index in [1.807, 2.05) is 6.92 Å². The molecule has 0 aliphatic heterocycles. The van der Waals surface area contributed by atoms with Crippen LogP contribution in [0.5, 0.6) is 0 Å². The van der Waals surface area contributed by atoms with Crippen molar-refractivity contribution < 1.29 is 12.6 Å². The predicted octanol–water partition coefficient (Wildman–Crippen LogP) is 2.50. The number of hydrogen-bond donors (Lipinski definition) is 0. The van der Waals surface area contributed by atoms with Gasteiger partial charge in [-0.05, 0) is 37.8 Å². The molecule has 0 atom stereocenters. The lowest BCUT2D eigenvalue weighted by molar-refractivity contribution is 0.185. The molecule has 3 nitrogen and oxygen atoms in total. The summed E-state index contributed by atoms with van der Waals surface area (Å²) >= 11 is 0. The molecule has 1 saturated carbocycles. The molecule has 0 heterocycles. The van der Waals surface area contributed by atoms with E-state index >= 15 is 0 Å². The molecule has 4 heteroatoms. The van der Waals surface area contributed by atoms with Gasteiger partial charge in [-0.3, -0.25) is 4.18 Å². The lowest BCUT2D eigenvalue weighted by Gasteiger charge is -2.24. The molecule has 1 aromatic rings. The maximum atomic E-state index is 11.8. The van der Waals surface area contributed by atoms with E-state index < -0.39 is 10.1 Å². The molecule has 0 bridgehead atoms. The molecule has 0 spiro atoms. The molecule has 1 aliphatic rings. The molecular weight excluding hydrogens is 224 g/mol. The van der Waals surface area contributed by atoms with E-state index in [1.165, 1.54) is 6.42 Å². The van der Waals surface area contributed by atoms with Gasteiger partial charge in [-0.15, -0.1) is 0 Å². The van der Waals surface area contributed by atoms with E-state index in [2.05, 4.69) is 0 Å². The average Bonchev–Trinajstić information content (AvgIpc) is 2.15. The standard InChI is InChI=1S/C12H16O3S/c1-10-5-7-12(8-6-10)16(13,14)15-9-11-3-2-4-11/h5-8,11H,2-4,9H2,1H3. The molecule has 88 valence electrons. The van der Waals surface area contributed by atoms with Crippen molar-refractivity contribution >= 4 is 10.1 Å². The summed E-state index contributed by atoms with van der Waals surface area (Å²) in [6.07, 6.45) is 3.37. The molecule has 0 N–H and O–H groups in total. The molecule has 0 unspecified atom stereocenters. The average molecular weight is 240 g/mol. The van der Waals surface area contributed by atoms with Crippen LogP contribution >= 0.6 is 0 Å². The van der Waals surface area contributed by atoms with Crippen molar-refractivity contribution in [2.24, 2.45) is 5.92 Å². The Morgan fingerprint density at radius 3 is 2.38 bits per heavy atom. The minimum atomic E-state index is -3.55. The van der Waals surface area contributed by atoms with E-state index in [1.54, 1.807) is 24.3 Å². The Balaban J connectivity index is 2.02. The first kappa shape index (κ1) is 11.6. The molecule has 1 aromatic carbocycles. The maximum Gasteiger partial charge on any atom is 0.296 e. The van der Waals surface area contributed by atoms with Gasteiger partial charge in [0.05, 0.1) is 11.5 Å². The smallest absolute Gasteiger partial charge is 0.266 e. The SMILES string of the molecule is Cc1ccc(S(=O)(=O)OCC2CCC2)cc1. The second-order valence-electron chi connectivity index (χ2n) is 4.35. The van der Waals surface area contributed by atoms with Crippen molar-refractivity contribution in [3.8, 4) is 0 Å². The first-order chi connectivity index (χ1) is 7.58. The minimum absolute atomic E-state index is 0.248. The second kappa shape index (κ2) is 4.55. The fourth-order valence-electron chi connectivity index (χ4n) is 1.62. The summed E-state index contributed by atoms with van der Waals surface area (Å²) in [6.45, 7) is 2.25. The van der Waals surface area contributed by atoms with Crippen LogP contribution in [0, 0.1) is 12.8 Å². The van der Waals surface area contributed by atoms with Gasteiger partial charge in [0, 0.05) is 0 Å². The molecule has 2 rings (SSSR count). The van der Waals surface area contributed by atoms with Crippen molar-refractivity contribution in [3.63, 3.8) is 0 Å². The Hall–Kier alpha value is -0.870. The van der Waals surface area contributed by atoms with Gasteiger partial charge in [0.2, 0.25) is 0 Å². The third-order valence-corrected chi connectivity index (χ3v) is 4.29. The van der Waals surface area contributed by atoms with E-state index in [0.29, 0.717) is 12.5 Å². The van der Waals surface area contributed by atoms with E-state index in [0.717, 1.165) is 18.4 Å². The van der Waals surface area contributed by atoms with Crippen molar-refractivity contribution in [1.29, 1.82) is 0 Å². The summed E-state index contributed by atoms with van der Waals surface area (Å²) < 4.78 is 28.6. The zero-order valence-electron chi connectivity index (χ0n) is 9.35. The Morgan fingerprint density at radius 1 is 1.25 bits per heavy atom. The third kappa shape index (κ3) is 2.62. The maximum absolute atomic E-state index is 11.8. The minimum Gasteiger partial charge on any atom is -0.266 e. The van der Waals surface area contributed by atoms with Gasteiger partial charge < -0.3 is 0 Å². The van der Waals surface area contributed by atoms with Crippen LogP contribution in [0.15, 0.2) is 29.2 Å². The van der Waals surface area contributed by atoms with Crippen molar-refractivity contribution in [1.82, 2.24) is 0 Å². The molecular formula is C12H16O3S. The lowest BCUT2D eigenvalue weighted by Crippen LogP contribution is -2.20. The highest BCUT2D eigenvalue weighted by Gasteiger charge is 2.22. The number of aryl methyl sites for hydroxylation is 1. The molecule has 0 amide bonds. The van der Waals surface area contributed by atoms with Crippen LogP contribution in [-0.4, -0.2) is 15.0 Å². The van der Waals surface area contributed by atoms with Gasteiger partial charge in [0.15, 0.2) is 0 Å². The summed E-state index contributed by atoms with van der Waals surface area (Å²) in [5, 5.41) is 0. The summed E-state index contributed by atoms with van der Waals surface area (Å²) in [5.41, 5.74) is 1.04. The summed E-state index contributed by atoms with van der Waals surface area (Å²) in [7, 11) is -3.55. The zero-order valence-corrected chi connectivity index (χ0v) is 10.2. The topological polar surface area (TPSA) is 43.4 Å². The van der Waals surface area contributed by atoms with Gasteiger partial charge in [0.1, 0.15) is 0 Å². The quantitative estimate of drug-likeness (QED) is 0.759. The van der Waals surface area contributed by atoms with Gasteiger partial charge in [-0.25, -0.2) is 0 Å². The van der Waals surface area contributed by atoms with Gasteiger partial charge in [0.25, 0.3) is 10.1 Å². The summed E-state index contributed by atoms with van der Waals surface area (Å²) in [4.78, 5) is 0.248. The molecule has 1 fully saturated rings. The molecule has 0 saturated heterocycles. The highest BCUT2D eigenvalue weighted by Crippen LogP contribution is 2.27. The van der Waals surface area contributed by atoms with Crippen molar-refractivity contribution in [3.05, 3.63) is 29.8 Å². The number of hydrogen-bond acceptors (Lipinski definition) is 3. The van der Waals surface area contributed by atoms with Gasteiger partial charge in [-0.2, -0.15) is 8.42 Å².